The summed E-state index contributed by atoms with van der Waals surface area (Å²) in [4.78, 5) is 14.5. The van der Waals surface area contributed by atoms with Crippen LogP contribution in [0.15, 0.2) is 0 Å². The van der Waals surface area contributed by atoms with E-state index in [1.807, 2.05) is 0 Å². The highest BCUT2D eigenvalue weighted by Gasteiger charge is 2.16. The second-order valence-electron chi connectivity index (χ2n) is 5.51. The second-order valence-corrected chi connectivity index (χ2v) is 5.51. The first-order valence-electron chi connectivity index (χ1n) is 7.98. The highest BCUT2D eigenvalue weighted by atomic mass is 16.1. The average Bonchev–Trinajstić information content (AvgIpc) is 2.44. The van der Waals surface area contributed by atoms with Gasteiger partial charge in [-0.15, -0.1) is 0 Å². The lowest BCUT2D eigenvalue weighted by molar-refractivity contribution is -0.125. The summed E-state index contributed by atoms with van der Waals surface area (Å²) < 4.78 is 0. The first-order chi connectivity index (χ1) is 9.27. The molecule has 0 aromatic rings. The standard InChI is InChI=1S/C15H31N3O/c1-3-6-14(7-4-2)15(19)17-8-5-11-18-12-9-16-10-13-18/h14,16H,3-13H2,1-2H3,(H,17,19). The SMILES string of the molecule is CCCC(CCC)C(=O)NCCCN1CCNCC1. The number of carbonyl (C=O) groups is 1. The lowest BCUT2D eigenvalue weighted by Gasteiger charge is -2.27. The van der Waals surface area contributed by atoms with Gasteiger partial charge in [-0.3, -0.25) is 4.79 Å². The van der Waals surface area contributed by atoms with Crippen molar-refractivity contribution in [2.75, 3.05) is 39.3 Å². The largest absolute Gasteiger partial charge is 0.356 e. The van der Waals surface area contributed by atoms with Gasteiger partial charge in [-0.25, -0.2) is 0 Å². The van der Waals surface area contributed by atoms with Crippen molar-refractivity contribution < 1.29 is 4.79 Å². The smallest absolute Gasteiger partial charge is 0.223 e. The second kappa shape index (κ2) is 10.2. The number of piperazine rings is 1. The zero-order valence-electron chi connectivity index (χ0n) is 12.7. The molecular weight excluding hydrogens is 238 g/mol. The van der Waals surface area contributed by atoms with Crippen molar-refractivity contribution in [1.29, 1.82) is 0 Å². The maximum absolute atomic E-state index is 12.0. The average molecular weight is 269 g/mol. The zero-order chi connectivity index (χ0) is 13.9. The summed E-state index contributed by atoms with van der Waals surface area (Å²) in [5, 5.41) is 6.47. The number of amides is 1. The molecule has 0 aromatic carbocycles. The fraction of sp³-hybridized carbons (Fsp3) is 0.933. The molecule has 112 valence electrons. The maximum Gasteiger partial charge on any atom is 0.223 e. The third-order valence-corrected chi connectivity index (χ3v) is 3.81. The van der Waals surface area contributed by atoms with Crippen molar-refractivity contribution in [3.05, 3.63) is 0 Å². The van der Waals surface area contributed by atoms with E-state index >= 15 is 0 Å². The number of hydrogen-bond donors (Lipinski definition) is 2. The maximum atomic E-state index is 12.0. The Morgan fingerprint density at radius 2 is 1.84 bits per heavy atom. The third kappa shape index (κ3) is 6.92. The summed E-state index contributed by atoms with van der Waals surface area (Å²) in [6.07, 6.45) is 5.31. The molecule has 0 atom stereocenters. The van der Waals surface area contributed by atoms with Crippen LogP contribution in [0.2, 0.25) is 0 Å². The van der Waals surface area contributed by atoms with Gasteiger partial charge in [0.25, 0.3) is 0 Å². The Hall–Kier alpha value is -0.610. The van der Waals surface area contributed by atoms with Crippen LogP contribution in [0.1, 0.15) is 46.0 Å². The summed E-state index contributed by atoms with van der Waals surface area (Å²) in [7, 11) is 0. The molecule has 0 saturated carbocycles. The first-order valence-corrected chi connectivity index (χ1v) is 7.98. The van der Waals surface area contributed by atoms with Gasteiger partial charge in [-0.1, -0.05) is 26.7 Å². The van der Waals surface area contributed by atoms with E-state index in [1.54, 1.807) is 0 Å². The van der Waals surface area contributed by atoms with E-state index in [9.17, 15) is 4.79 Å². The minimum absolute atomic E-state index is 0.231. The number of hydrogen-bond acceptors (Lipinski definition) is 3. The van der Waals surface area contributed by atoms with Crippen LogP contribution < -0.4 is 10.6 Å². The molecule has 19 heavy (non-hydrogen) atoms. The van der Waals surface area contributed by atoms with Gasteiger partial charge >= 0.3 is 0 Å². The summed E-state index contributed by atoms with van der Waals surface area (Å²) in [5.41, 5.74) is 0. The van der Waals surface area contributed by atoms with E-state index < -0.39 is 0 Å². The lowest BCUT2D eigenvalue weighted by atomic mass is 9.97. The Bertz CT molecular complexity index is 234. The Kier molecular flexibility index (Phi) is 8.84. The predicted molar refractivity (Wildman–Crippen MR) is 80.2 cm³/mol. The van der Waals surface area contributed by atoms with Crippen molar-refractivity contribution in [2.45, 2.75) is 46.0 Å². The molecule has 4 nitrogen and oxygen atoms in total. The summed E-state index contributed by atoms with van der Waals surface area (Å²) in [5.74, 6) is 0.498. The van der Waals surface area contributed by atoms with Crippen LogP contribution in [-0.4, -0.2) is 50.1 Å². The Labute approximate surface area is 118 Å². The molecule has 0 aromatic heterocycles. The molecule has 1 heterocycles. The number of nitrogens with one attached hydrogen (secondary N) is 2. The molecule has 1 aliphatic rings. The van der Waals surface area contributed by atoms with Gasteiger partial charge < -0.3 is 15.5 Å². The fourth-order valence-corrected chi connectivity index (χ4v) is 2.70. The lowest BCUT2D eigenvalue weighted by Crippen LogP contribution is -2.44. The third-order valence-electron chi connectivity index (χ3n) is 3.81. The summed E-state index contributed by atoms with van der Waals surface area (Å²) >= 11 is 0. The van der Waals surface area contributed by atoms with Crippen molar-refractivity contribution >= 4 is 5.91 Å². The van der Waals surface area contributed by atoms with Gasteiger partial charge in [-0.2, -0.15) is 0 Å². The molecule has 0 radical (unpaired) electrons. The first kappa shape index (κ1) is 16.4. The number of rotatable bonds is 9. The minimum atomic E-state index is 0.231. The van der Waals surface area contributed by atoms with Gasteiger partial charge in [0, 0.05) is 38.6 Å². The van der Waals surface area contributed by atoms with Crippen LogP contribution in [0.3, 0.4) is 0 Å². The van der Waals surface area contributed by atoms with E-state index in [0.717, 1.165) is 71.4 Å². The van der Waals surface area contributed by atoms with Gasteiger partial charge in [0.2, 0.25) is 5.91 Å². The van der Waals surface area contributed by atoms with Crippen LogP contribution in [0, 0.1) is 5.92 Å². The monoisotopic (exact) mass is 269 g/mol. The molecule has 1 aliphatic heterocycles. The number of carbonyl (C=O) groups excluding carboxylic acids is 1. The quantitative estimate of drug-likeness (QED) is 0.625. The van der Waals surface area contributed by atoms with Crippen LogP contribution >= 0.6 is 0 Å². The molecule has 1 rings (SSSR count). The normalized spacial score (nSPS) is 16.8. The minimum Gasteiger partial charge on any atom is -0.356 e. The van der Waals surface area contributed by atoms with Crippen molar-refractivity contribution in [3.63, 3.8) is 0 Å². The van der Waals surface area contributed by atoms with Gasteiger partial charge in [0.1, 0.15) is 0 Å². The van der Waals surface area contributed by atoms with E-state index in [0.29, 0.717) is 0 Å². The summed E-state index contributed by atoms with van der Waals surface area (Å²) in [6, 6.07) is 0. The molecular formula is C15H31N3O. The molecule has 0 aliphatic carbocycles. The van der Waals surface area contributed by atoms with Crippen LogP contribution in [0.4, 0.5) is 0 Å². The van der Waals surface area contributed by atoms with E-state index in [4.69, 9.17) is 0 Å². The Balaban J connectivity index is 2.10. The molecule has 2 N–H and O–H groups in total. The predicted octanol–water partition coefficient (Wildman–Crippen LogP) is 1.61. The molecule has 0 bridgehead atoms. The number of nitrogens with zero attached hydrogens (tertiary/aromatic N) is 1. The van der Waals surface area contributed by atoms with E-state index in [-0.39, 0.29) is 11.8 Å². The molecule has 1 fully saturated rings. The Morgan fingerprint density at radius 1 is 1.21 bits per heavy atom. The van der Waals surface area contributed by atoms with Crippen molar-refractivity contribution in [3.8, 4) is 0 Å². The molecule has 0 spiro atoms. The van der Waals surface area contributed by atoms with Crippen LogP contribution in [0.5, 0.6) is 0 Å². The van der Waals surface area contributed by atoms with Crippen molar-refractivity contribution in [2.24, 2.45) is 5.92 Å². The topological polar surface area (TPSA) is 44.4 Å². The zero-order valence-corrected chi connectivity index (χ0v) is 12.7. The fourth-order valence-electron chi connectivity index (χ4n) is 2.70. The molecule has 1 saturated heterocycles. The highest BCUT2D eigenvalue weighted by molar-refractivity contribution is 5.78. The Morgan fingerprint density at radius 3 is 2.42 bits per heavy atom. The van der Waals surface area contributed by atoms with Gasteiger partial charge in [0.05, 0.1) is 0 Å². The van der Waals surface area contributed by atoms with Gasteiger partial charge in [0.15, 0.2) is 0 Å². The van der Waals surface area contributed by atoms with E-state index in [1.165, 1.54) is 0 Å². The van der Waals surface area contributed by atoms with Crippen LogP contribution in [-0.2, 0) is 4.79 Å². The van der Waals surface area contributed by atoms with Crippen LogP contribution in [0.25, 0.3) is 0 Å². The van der Waals surface area contributed by atoms with Gasteiger partial charge in [-0.05, 0) is 25.8 Å². The molecule has 4 heteroatoms. The highest BCUT2D eigenvalue weighted by Crippen LogP contribution is 2.13. The summed E-state index contributed by atoms with van der Waals surface area (Å²) in [6.45, 7) is 10.7. The molecule has 0 unspecified atom stereocenters. The molecule has 1 amide bonds. The van der Waals surface area contributed by atoms with E-state index in [2.05, 4.69) is 29.4 Å². The van der Waals surface area contributed by atoms with Crippen molar-refractivity contribution in [1.82, 2.24) is 15.5 Å².